The Kier molecular flexibility index (Phi) is 7.79. The topological polar surface area (TPSA) is 58.8 Å². The molecule has 5 nitrogen and oxygen atoms in total. The summed E-state index contributed by atoms with van der Waals surface area (Å²) < 4.78 is 46.4. The van der Waals surface area contributed by atoms with Crippen LogP contribution in [0.3, 0.4) is 0 Å². The molecule has 2 aromatic rings. The minimum absolute atomic E-state index is 0.168. The molecule has 27 heavy (non-hydrogen) atoms. The predicted molar refractivity (Wildman–Crippen MR) is 97.7 cm³/mol. The van der Waals surface area contributed by atoms with Crippen LogP contribution < -0.4 is 15.4 Å². The van der Waals surface area contributed by atoms with Gasteiger partial charge in [0.2, 0.25) is 0 Å². The van der Waals surface area contributed by atoms with Gasteiger partial charge in [0.25, 0.3) is 0 Å². The van der Waals surface area contributed by atoms with E-state index in [4.69, 9.17) is 4.42 Å². The molecule has 0 saturated carbocycles. The first-order valence-electron chi connectivity index (χ1n) is 8.40. The fourth-order valence-electron chi connectivity index (χ4n) is 2.13. The average molecular weight is 381 g/mol. The number of guanidine groups is 1. The van der Waals surface area contributed by atoms with Crippen molar-refractivity contribution in [2.45, 2.75) is 19.1 Å². The van der Waals surface area contributed by atoms with Gasteiger partial charge in [0, 0.05) is 19.5 Å². The second-order valence-corrected chi connectivity index (χ2v) is 5.64. The number of nitrogens with one attached hydrogen (secondary N) is 2. The number of benzene rings is 1. The number of rotatable bonds is 9. The average Bonchev–Trinajstić information content (AvgIpc) is 3.15. The third-order valence-electron chi connectivity index (χ3n) is 3.40. The van der Waals surface area contributed by atoms with Crippen molar-refractivity contribution in [3.05, 3.63) is 66.6 Å². The van der Waals surface area contributed by atoms with E-state index in [9.17, 15) is 13.2 Å². The van der Waals surface area contributed by atoms with E-state index in [2.05, 4.69) is 26.9 Å². The first-order chi connectivity index (χ1) is 13.0. The van der Waals surface area contributed by atoms with Gasteiger partial charge in [-0.3, -0.25) is 0 Å². The largest absolute Gasteiger partial charge is 0.484 e. The molecule has 0 bridgehead atoms. The monoisotopic (exact) mass is 381 g/mol. The maximum absolute atomic E-state index is 12.2. The molecule has 0 aliphatic rings. The lowest BCUT2D eigenvalue weighted by molar-refractivity contribution is -0.153. The first-order valence-corrected chi connectivity index (χ1v) is 8.40. The highest BCUT2D eigenvalue weighted by atomic mass is 19.4. The van der Waals surface area contributed by atoms with Crippen LogP contribution in [-0.4, -0.2) is 31.8 Å². The summed E-state index contributed by atoms with van der Waals surface area (Å²) in [6.45, 7) is 3.92. The van der Waals surface area contributed by atoms with Gasteiger partial charge in [-0.05, 0) is 29.8 Å². The molecule has 0 spiro atoms. The van der Waals surface area contributed by atoms with Crippen LogP contribution in [0, 0.1) is 0 Å². The maximum atomic E-state index is 12.2. The van der Waals surface area contributed by atoms with Gasteiger partial charge in [0.15, 0.2) is 12.6 Å². The molecule has 0 unspecified atom stereocenters. The van der Waals surface area contributed by atoms with Crippen molar-refractivity contribution in [3.63, 3.8) is 0 Å². The van der Waals surface area contributed by atoms with Gasteiger partial charge in [-0.1, -0.05) is 18.2 Å². The Morgan fingerprint density at radius 1 is 1.19 bits per heavy atom. The van der Waals surface area contributed by atoms with Crippen molar-refractivity contribution >= 4 is 5.96 Å². The van der Waals surface area contributed by atoms with Crippen LogP contribution >= 0.6 is 0 Å². The third kappa shape index (κ3) is 8.35. The second-order valence-electron chi connectivity index (χ2n) is 5.64. The summed E-state index contributed by atoms with van der Waals surface area (Å²) in [6.07, 6.45) is -0.290. The number of hydrogen-bond acceptors (Lipinski definition) is 3. The van der Waals surface area contributed by atoms with Gasteiger partial charge in [-0.15, -0.1) is 6.58 Å². The molecule has 8 heteroatoms. The van der Waals surface area contributed by atoms with Crippen molar-refractivity contribution in [2.24, 2.45) is 4.99 Å². The number of furan rings is 1. The number of ether oxygens (including phenoxy) is 1. The van der Waals surface area contributed by atoms with Crippen LogP contribution in [0.4, 0.5) is 13.2 Å². The van der Waals surface area contributed by atoms with Gasteiger partial charge >= 0.3 is 6.18 Å². The molecule has 0 saturated heterocycles. The summed E-state index contributed by atoms with van der Waals surface area (Å²) in [4.78, 5) is 4.46. The smallest absolute Gasteiger partial charge is 0.422 e. The lowest BCUT2D eigenvalue weighted by Gasteiger charge is -2.11. The van der Waals surface area contributed by atoms with Crippen molar-refractivity contribution in [3.8, 4) is 5.75 Å². The SMILES string of the molecule is C=CCNC(=NCc1ccc(OCC(F)(F)F)cc1)NCCc1ccco1. The van der Waals surface area contributed by atoms with Gasteiger partial charge in [-0.25, -0.2) is 4.99 Å². The second kappa shape index (κ2) is 10.3. The molecule has 146 valence electrons. The Labute approximate surface area is 155 Å². The van der Waals surface area contributed by atoms with Crippen LogP contribution in [-0.2, 0) is 13.0 Å². The minimum atomic E-state index is -4.35. The highest BCUT2D eigenvalue weighted by molar-refractivity contribution is 5.79. The first kappa shape index (κ1) is 20.4. The van der Waals surface area contributed by atoms with E-state index in [-0.39, 0.29) is 5.75 Å². The lowest BCUT2D eigenvalue weighted by atomic mass is 10.2. The van der Waals surface area contributed by atoms with E-state index in [1.807, 2.05) is 12.1 Å². The maximum Gasteiger partial charge on any atom is 0.422 e. The molecule has 1 aromatic carbocycles. The Bertz CT molecular complexity index is 711. The Morgan fingerprint density at radius 3 is 2.59 bits per heavy atom. The van der Waals surface area contributed by atoms with Crippen LogP contribution in [0.1, 0.15) is 11.3 Å². The molecule has 2 rings (SSSR count). The van der Waals surface area contributed by atoms with Gasteiger partial charge in [-0.2, -0.15) is 13.2 Å². The highest BCUT2D eigenvalue weighted by Gasteiger charge is 2.28. The number of hydrogen-bond donors (Lipinski definition) is 2. The van der Waals surface area contributed by atoms with Crippen LogP contribution in [0.5, 0.6) is 5.75 Å². The van der Waals surface area contributed by atoms with E-state index in [0.717, 1.165) is 11.3 Å². The molecule has 1 aromatic heterocycles. The highest BCUT2D eigenvalue weighted by Crippen LogP contribution is 2.19. The molecule has 0 fully saturated rings. The quantitative estimate of drug-likeness (QED) is 0.395. The summed E-state index contributed by atoms with van der Waals surface area (Å²) in [5.74, 6) is 1.65. The number of aliphatic imine (C=N–C) groups is 1. The molecule has 0 radical (unpaired) electrons. The summed E-state index contributed by atoms with van der Waals surface area (Å²) in [5.41, 5.74) is 0.847. The summed E-state index contributed by atoms with van der Waals surface area (Å²) in [5, 5.41) is 6.30. The summed E-state index contributed by atoms with van der Waals surface area (Å²) in [7, 11) is 0. The third-order valence-corrected chi connectivity index (χ3v) is 3.40. The van der Waals surface area contributed by atoms with Crippen LogP contribution in [0.25, 0.3) is 0 Å². The van der Waals surface area contributed by atoms with E-state index >= 15 is 0 Å². The van der Waals surface area contributed by atoms with E-state index < -0.39 is 12.8 Å². The predicted octanol–water partition coefficient (Wildman–Crippen LogP) is 3.68. The zero-order valence-corrected chi connectivity index (χ0v) is 14.8. The van der Waals surface area contributed by atoms with Crippen LogP contribution in [0.2, 0.25) is 0 Å². The Morgan fingerprint density at radius 2 is 1.96 bits per heavy atom. The number of alkyl halides is 3. The van der Waals surface area contributed by atoms with E-state index in [1.54, 1.807) is 24.5 Å². The van der Waals surface area contributed by atoms with Crippen LogP contribution in [0.15, 0.2) is 64.7 Å². The van der Waals surface area contributed by atoms with Crippen molar-refractivity contribution < 1.29 is 22.3 Å². The van der Waals surface area contributed by atoms with E-state index in [0.29, 0.717) is 32.0 Å². The molecule has 0 amide bonds. The van der Waals surface area contributed by atoms with Gasteiger partial charge in [0.1, 0.15) is 11.5 Å². The van der Waals surface area contributed by atoms with Gasteiger partial charge < -0.3 is 19.8 Å². The molecular weight excluding hydrogens is 359 g/mol. The number of halogens is 3. The normalized spacial score (nSPS) is 11.9. The Hall–Kier alpha value is -2.90. The molecule has 0 atom stereocenters. The van der Waals surface area contributed by atoms with Crippen molar-refractivity contribution in [1.29, 1.82) is 0 Å². The molecule has 1 heterocycles. The fraction of sp³-hybridized carbons (Fsp3) is 0.316. The zero-order chi connectivity index (χ0) is 19.5. The molecule has 2 N–H and O–H groups in total. The standard InChI is InChI=1S/C19H22F3N3O2/c1-2-10-23-18(24-11-9-16-4-3-12-26-16)25-13-15-5-7-17(8-6-15)27-14-19(20,21)22/h2-8,12H,1,9-11,13-14H2,(H2,23,24,25). The lowest BCUT2D eigenvalue weighted by Crippen LogP contribution is -2.38. The molecular formula is C19H22F3N3O2. The minimum Gasteiger partial charge on any atom is -0.484 e. The fourth-order valence-corrected chi connectivity index (χ4v) is 2.13. The van der Waals surface area contributed by atoms with Crippen molar-refractivity contribution in [1.82, 2.24) is 10.6 Å². The van der Waals surface area contributed by atoms with Crippen molar-refractivity contribution in [2.75, 3.05) is 19.7 Å². The summed E-state index contributed by atoms with van der Waals surface area (Å²) in [6, 6.07) is 10.1. The van der Waals surface area contributed by atoms with E-state index in [1.165, 1.54) is 12.1 Å². The Balaban J connectivity index is 1.86. The molecule has 0 aliphatic heterocycles. The van der Waals surface area contributed by atoms with Gasteiger partial charge in [0.05, 0.1) is 12.8 Å². The summed E-state index contributed by atoms with van der Waals surface area (Å²) >= 11 is 0. The zero-order valence-electron chi connectivity index (χ0n) is 14.8. The number of nitrogens with zero attached hydrogens (tertiary/aromatic N) is 1. The molecule has 0 aliphatic carbocycles.